The number of rotatable bonds is 1. The predicted octanol–water partition coefficient (Wildman–Crippen LogP) is 2.09. The molecule has 0 aliphatic rings. The third-order valence-corrected chi connectivity index (χ3v) is 0.693. The van der Waals surface area contributed by atoms with E-state index in [1.807, 2.05) is 20.8 Å². The summed E-state index contributed by atoms with van der Waals surface area (Å²) in [5.74, 6) is 2.87. The second-order valence-electron chi connectivity index (χ2n) is 2.74. The first kappa shape index (κ1) is 9.62. The molecule has 58 valence electrons. The molecule has 0 N–H and O–H groups in total. The Kier molecular flexibility index (Phi) is 4.27. The van der Waals surface area contributed by atoms with Crippen LogP contribution in [0.3, 0.4) is 0 Å². The van der Waals surface area contributed by atoms with Crippen molar-refractivity contribution in [3.63, 3.8) is 0 Å². The van der Waals surface area contributed by atoms with Gasteiger partial charge in [-0.1, -0.05) is 0 Å². The average Bonchev–Trinajstić information content (AvgIpc) is 1.78. The Morgan fingerprint density at radius 3 is 2.30 bits per heavy atom. The summed E-state index contributed by atoms with van der Waals surface area (Å²) in [4.78, 5) is 0. The van der Waals surface area contributed by atoms with Crippen molar-refractivity contribution in [1.82, 2.24) is 0 Å². The Morgan fingerprint density at radius 1 is 1.30 bits per heavy atom. The van der Waals surface area contributed by atoms with Gasteiger partial charge >= 0.3 is 71.2 Å². The first-order chi connectivity index (χ1) is 4.56. The number of hydrogen-bond acceptors (Lipinski definition) is 2. The van der Waals surface area contributed by atoms with Gasteiger partial charge in [0.2, 0.25) is 0 Å². The van der Waals surface area contributed by atoms with Gasteiger partial charge in [-0.05, 0) is 0 Å². The second-order valence-corrected chi connectivity index (χ2v) is 3.05. The molecule has 0 fully saturated rings. The summed E-state index contributed by atoms with van der Waals surface area (Å²) >= 11 is 2.49. The maximum atomic E-state index is 3.43. The van der Waals surface area contributed by atoms with Gasteiger partial charge in [0.15, 0.2) is 0 Å². The molecule has 0 bridgehead atoms. The van der Waals surface area contributed by atoms with Gasteiger partial charge in [0.25, 0.3) is 0 Å². The number of hydrogen-bond donors (Lipinski definition) is 0. The quantitative estimate of drug-likeness (QED) is 0.286. The molecule has 0 aliphatic carbocycles. The van der Waals surface area contributed by atoms with Crippen LogP contribution in [0.4, 0.5) is 0 Å². The van der Waals surface area contributed by atoms with Crippen LogP contribution in [0.25, 0.3) is 0 Å². The fraction of sp³-hybridized carbons (Fsp3) is 0.667. The van der Waals surface area contributed by atoms with Gasteiger partial charge in [-0.3, -0.25) is 0 Å². The van der Waals surface area contributed by atoms with Crippen molar-refractivity contribution in [3.05, 3.63) is 0 Å². The minimum atomic E-state index is -0.0194. The molecule has 0 aromatic carbocycles. The van der Waals surface area contributed by atoms with Gasteiger partial charge in [-0.15, -0.1) is 0 Å². The number of nitrogens with zero attached hydrogens (tertiary/aromatic N) is 3. The molecule has 0 saturated carbocycles. The van der Waals surface area contributed by atoms with Crippen LogP contribution < -0.4 is 0 Å². The van der Waals surface area contributed by atoms with Crippen molar-refractivity contribution in [3.8, 4) is 12.0 Å². The van der Waals surface area contributed by atoms with Crippen LogP contribution >= 0.6 is 0 Å². The molecule has 0 aromatic heterocycles. The molecule has 0 heterocycles. The van der Waals surface area contributed by atoms with Crippen molar-refractivity contribution in [2.75, 3.05) is 0 Å². The fourth-order valence-electron chi connectivity index (χ4n) is 0.229. The Labute approximate surface area is 71.5 Å². The summed E-state index contributed by atoms with van der Waals surface area (Å²) in [6.07, 6.45) is 0. The molecule has 0 atom stereocenters. The topological polar surface area (TPSA) is 37.1 Å². The van der Waals surface area contributed by atoms with E-state index in [1.54, 1.807) is 0 Å². The first-order valence-electron chi connectivity index (χ1n) is 2.77. The van der Waals surface area contributed by atoms with E-state index in [0.29, 0.717) is 0 Å². The van der Waals surface area contributed by atoms with Crippen molar-refractivity contribution in [2.24, 2.45) is 19.4 Å². The summed E-state index contributed by atoms with van der Waals surface area (Å²) in [6, 6.07) is 2.52. The van der Waals surface area contributed by atoms with Crippen LogP contribution in [0.15, 0.2) is 14.0 Å². The van der Waals surface area contributed by atoms with Crippen molar-refractivity contribution < 1.29 is 19.0 Å². The van der Waals surface area contributed by atoms with E-state index in [4.69, 9.17) is 0 Å². The van der Waals surface area contributed by atoms with Crippen LogP contribution in [0.5, 0.6) is 0 Å². The molecule has 3 nitrogen and oxygen atoms in total. The molecule has 0 aromatic rings. The van der Waals surface area contributed by atoms with E-state index in [-0.39, 0.29) is 5.41 Å². The third-order valence-electron chi connectivity index (χ3n) is 0.554. The first-order valence-corrected chi connectivity index (χ1v) is 3.46. The zero-order valence-corrected chi connectivity index (χ0v) is 7.71. The van der Waals surface area contributed by atoms with Crippen LogP contribution in [0.2, 0.25) is 0 Å². The normalized spacial score (nSPS) is 10.9. The van der Waals surface area contributed by atoms with Crippen molar-refractivity contribution in [2.45, 2.75) is 20.8 Å². The van der Waals surface area contributed by atoms with Crippen LogP contribution in [0.1, 0.15) is 20.8 Å². The van der Waals surface area contributed by atoms with Crippen LogP contribution in [-0.2, 0) is 19.0 Å². The van der Waals surface area contributed by atoms with E-state index in [2.05, 4.69) is 45.0 Å². The van der Waals surface area contributed by atoms with E-state index in [0.717, 1.165) is 0 Å². The van der Waals surface area contributed by atoms with Gasteiger partial charge in [0.05, 0.1) is 0 Å². The SMILES string of the molecule is CC(C)(C)C#CN=N[N]=[Pd]. The predicted molar refractivity (Wildman–Crippen MR) is 34.5 cm³/mol. The molecule has 0 aliphatic heterocycles. The van der Waals surface area contributed by atoms with Gasteiger partial charge in [0.1, 0.15) is 0 Å². The van der Waals surface area contributed by atoms with Gasteiger partial charge < -0.3 is 0 Å². The zero-order valence-electron chi connectivity index (χ0n) is 6.16. The maximum absolute atomic E-state index is 3.43. The summed E-state index contributed by atoms with van der Waals surface area (Å²) in [7, 11) is 0. The summed E-state index contributed by atoms with van der Waals surface area (Å²) in [5, 5.41) is 6.72. The van der Waals surface area contributed by atoms with E-state index >= 15 is 0 Å². The van der Waals surface area contributed by atoms with Gasteiger partial charge in [-0.25, -0.2) is 0 Å². The Balaban J connectivity index is 3.93. The fourth-order valence-corrected chi connectivity index (χ4v) is 0.299. The summed E-state index contributed by atoms with van der Waals surface area (Å²) in [6.45, 7) is 6.01. The van der Waals surface area contributed by atoms with Crippen molar-refractivity contribution >= 4 is 0 Å². The van der Waals surface area contributed by atoms with E-state index < -0.39 is 0 Å². The summed E-state index contributed by atoms with van der Waals surface area (Å²) in [5.41, 5.74) is -0.0194. The molecule has 0 spiro atoms. The Hall–Kier alpha value is -0.378. The van der Waals surface area contributed by atoms with E-state index in [1.165, 1.54) is 0 Å². The molecular formula is C6H9N3Pd. The summed E-state index contributed by atoms with van der Waals surface area (Å²) < 4.78 is 3.26. The molecule has 0 amide bonds. The van der Waals surface area contributed by atoms with Crippen LogP contribution in [0, 0.1) is 17.4 Å². The monoisotopic (exact) mass is 229 g/mol. The average molecular weight is 230 g/mol. The van der Waals surface area contributed by atoms with Gasteiger partial charge in [-0.2, -0.15) is 0 Å². The molecule has 0 saturated heterocycles. The Bertz CT molecular complexity index is 191. The van der Waals surface area contributed by atoms with Gasteiger partial charge in [0, 0.05) is 0 Å². The molecule has 0 radical (unpaired) electrons. The molecule has 10 heavy (non-hydrogen) atoms. The van der Waals surface area contributed by atoms with Crippen LogP contribution in [-0.4, -0.2) is 0 Å². The van der Waals surface area contributed by atoms with E-state index in [9.17, 15) is 0 Å². The minimum absolute atomic E-state index is 0.0194. The molecular weight excluding hydrogens is 221 g/mol. The molecule has 0 unspecified atom stereocenters. The Morgan fingerprint density at radius 2 is 1.90 bits per heavy atom. The second kappa shape index (κ2) is 4.44. The standard InChI is InChI=1S/C6H9N3.Pd/c1-6(2,3)4-5-8-9-7;/h1-3H3;. The van der Waals surface area contributed by atoms with Crippen molar-refractivity contribution in [1.29, 1.82) is 0 Å². The third kappa shape index (κ3) is 7.62. The molecule has 4 heteroatoms. The zero-order chi connectivity index (χ0) is 8.04. The molecule has 0 rings (SSSR count).